The molecule has 3 aromatic rings. The highest BCUT2D eigenvalue weighted by Crippen LogP contribution is 2.31. The number of aromatic nitrogens is 5. The average Bonchev–Trinajstić information content (AvgIpc) is 3.18. The van der Waals surface area contributed by atoms with E-state index in [1.165, 1.54) is 38.0 Å². The minimum atomic E-state index is -5.24. The Morgan fingerprint density at radius 1 is 0.946 bits per heavy atom. The van der Waals surface area contributed by atoms with E-state index in [0.29, 0.717) is 18.2 Å². The van der Waals surface area contributed by atoms with Gasteiger partial charge in [0.25, 0.3) is 11.8 Å². The molecule has 198 valence electrons. The Kier molecular flexibility index (Phi) is 7.54. The Hall–Kier alpha value is -4.44. The Balaban J connectivity index is 1.89. The van der Waals surface area contributed by atoms with Crippen LogP contribution in [0.4, 0.5) is 26.3 Å². The fourth-order valence-corrected chi connectivity index (χ4v) is 2.99. The summed E-state index contributed by atoms with van der Waals surface area (Å²) in [5.41, 5.74) is -0.603. The van der Waals surface area contributed by atoms with E-state index in [2.05, 4.69) is 40.2 Å². The lowest BCUT2D eigenvalue weighted by atomic mass is 10.1. The Bertz CT molecular complexity index is 1260. The minimum absolute atomic E-state index is 0.0174. The van der Waals surface area contributed by atoms with E-state index in [-0.39, 0.29) is 23.2 Å². The molecule has 0 saturated heterocycles. The molecule has 0 bridgehead atoms. The summed E-state index contributed by atoms with van der Waals surface area (Å²) in [7, 11) is 1.41. The number of carbonyl (C=O) groups is 2. The van der Waals surface area contributed by atoms with Crippen LogP contribution >= 0.6 is 0 Å². The second-order valence-corrected chi connectivity index (χ2v) is 7.25. The van der Waals surface area contributed by atoms with E-state index < -0.39 is 47.6 Å². The van der Waals surface area contributed by atoms with Gasteiger partial charge in [-0.3, -0.25) is 9.59 Å². The molecule has 1 atom stereocenters. The van der Waals surface area contributed by atoms with Crippen LogP contribution in [0, 0.1) is 6.92 Å². The zero-order chi connectivity index (χ0) is 27.5. The maximum atomic E-state index is 12.8. The van der Waals surface area contributed by atoms with Gasteiger partial charge in [0.05, 0.1) is 18.4 Å². The summed E-state index contributed by atoms with van der Waals surface area (Å²) in [4.78, 5) is 36.6. The number of rotatable bonds is 7. The van der Waals surface area contributed by atoms with Gasteiger partial charge in [-0.1, -0.05) is 0 Å². The van der Waals surface area contributed by atoms with Crippen LogP contribution in [0.1, 0.15) is 45.5 Å². The summed E-state index contributed by atoms with van der Waals surface area (Å²) in [5.74, 6) is -3.29. The molecule has 0 saturated carbocycles. The van der Waals surface area contributed by atoms with E-state index in [1.807, 2.05) is 0 Å². The van der Waals surface area contributed by atoms with E-state index in [1.54, 1.807) is 0 Å². The maximum absolute atomic E-state index is 12.8. The topological polar surface area (TPSA) is 133 Å². The monoisotopic (exact) mass is 533 g/mol. The van der Waals surface area contributed by atoms with Gasteiger partial charge in [0, 0.05) is 18.7 Å². The number of amides is 2. The van der Waals surface area contributed by atoms with Gasteiger partial charge in [-0.25, -0.2) is 15.0 Å². The zero-order valence-electron chi connectivity index (χ0n) is 19.1. The number of hydrogen-bond acceptors (Lipinski definition) is 8. The molecular formula is C20H17F6N7O4. The number of nitrogens with one attached hydrogen (secondary N) is 2. The van der Waals surface area contributed by atoms with Gasteiger partial charge in [-0.05, 0) is 26.0 Å². The number of alkyl halides is 6. The highest BCUT2D eigenvalue weighted by molar-refractivity contribution is 5.95. The van der Waals surface area contributed by atoms with E-state index in [4.69, 9.17) is 0 Å². The summed E-state index contributed by atoms with van der Waals surface area (Å²) in [6.45, 7) is 2.97. The van der Waals surface area contributed by atoms with E-state index >= 15 is 0 Å². The Labute approximate surface area is 203 Å². The van der Waals surface area contributed by atoms with Crippen molar-refractivity contribution in [3.05, 3.63) is 53.5 Å². The number of ether oxygens (including phenoxy) is 2. The Morgan fingerprint density at radius 3 is 2.03 bits per heavy atom. The first kappa shape index (κ1) is 27.2. The highest BCUT2D eigenvalue weighted by Gasteiger charge is 2.34. The van der Waals surface area contributed by atoms with Gasteiger partial charge >= 0.3 is 12.7 Å². The van der Waals surface area contributed by atoms with Gasteiger partial charge in [0.2, 0.25) is 0 Å². The van der Waals surface area contributed by atoms with Crippen molar-refractivity contribution < 1.29 is 45.4 Å². The van der Waals surface area contributed by atoms with Crippen molar-refractivity contribution in [1.29, 1.82) is 0 Å². The molecule has 0 spiro atoms. The van der Waals surface area contributed by atoms with Crippen molar-refractivity contribution >= 4 is 11.8 Å². The van der Waals surface area contributed by atoms with E-state index in [0.717, 1.165) is 0 Å². The fraction of sp³-hybridized carbons (Fsp3) is 0.300. The van der Waals surface area contributed by atoms with Gasteiger partial charge in [-0.15, -0.1) is 31.4 Å². The van der Waals surface area contributed by atoms with Crippen LogP contribution in [-0.4, -0.2) is 56.3 Å². The third-order valence-electron chi connectivity index (χ3n) is 4.40. The molecule has 2 N–H and O–H groups in total. The molecule has 2 heterocycles. The lowest BCUT2D eigenvalue weighted by Crippen LogP contribution is -2.29. The quantitative estimate of drug-likeness (QED) is 0.443. The molecule has 3 rings (SSSR count). The molecule has 0 unspecified atom stereocenters. The maximum Gasteiger partial charge on any atom is 0.573 e. The molecule has 17 heteroatoms. The van der Waals surface area contributed by atoms with Gasteiger partial charge in [0.1, 0.15) is 23.0 Å². The second kappa shape index (κ2) is 10.3. The first-order valence-corrected chi connectivity index (χ1v) is 10.1. The molecule has 1 aromatic carbocycles. The van der Waals surface area contributed by atoms with Gasteiger partial charge in [0.15, 0.2) is 11.6 Å². The van der Waals surface area contributed by atoms with Crippen molar-refractivity contribution in [2.24, 2.45) is 0 Å². The molecule has 2 aromatic heterocycles. The summed E-state index contributed by atoms with van der Waals surface area (Å²) in [5, 5.41) is 8.93. The first-order chi connectivity index (χ1) is 17.1. The van der Waals surface area contributed by atoms with Crippen LogP contribution in [-0.2, 0) is 0 Å². The van der Waals surface area contributed by atoms with E-state index in [9.17, 15) is 35.9 Å². The van der Waals surface area contributed by atoms with Crippen molar-refractivity contribution in [2.45, 2.75) is 32.6 Å². The largest absolute Gasteiger partial charge is 0.573 e. The molecule has 11 nitrogen and oxygen atoms in total. The molecule has 0 fully saturated rings. The minimum Gasteiger partial charge on any atom is -0.406 e. The molecule has 0 aliphatic carbocycles. The van der Waals surface area contributed by atoms with Crippen molar-refractivity contribution in [1.82, 2.24) is 35.4 Å². The predicted octanol–water partition coefficient (Wildman–Crippen LogP) is 3.01. The van der Waals surface area contributed by atoms with Crippen LogP contribution in [0.25, 0.3) is 5.82 Å². The molecule has 0 radical (unpaired) electrons. The summed E-state index contributed by atoms with van der Waals surface area (Å²) >= 11 is 0. The smallest absolute Gasteiger partial charge is 0.406 e. The van der Waals surface area contributed by atoms with Crippen LogP contribution in [0.15, 0.2) is 30.6 Å². The van der Waals surface area contributed by atoms with Crippen molar-refractivity contribution in [2.75, 3.05) is 7.05 Å². The molecule has 2 amide bonds. The normalized spacial score (nSPS) is 12.6. The Morgan fingerprint density at radius 2 is 1.54 bits per heavy atom. The number of benzene rings is 1. The van der Waals surface area contributed by atoms with Crippen LogP contribution in [0.2, 0.25) is 0 Å². The lowest BCUT2D eigenvalue weighted by molar-refractivity contribution is -0.276. The van der Waals surface area contributed by atoms with Crippen LogP contribution in [0.5, 0.6) is 11.5 Å². The standard InChI is InChI=1S/C20H17F6N7O4/c1-9(16-31-10(2)32-33(16)15-8-28-14(7-29-15)18(35)27-3)30-17(34)11-4-12(36-19(21,22)23)6-13(5-11)37-20(24,25)26/h4-9H,1-3H3,(H,27,35)(H,30,34)/t9-/m0/s1. The van der Waals surface area contributed by atoms with Crippen molar-refractivity contribution in [3.63, 3.8) is 0 Å². The number of carbonyl (C=O) groups excluding carboxylic acids is 2. The molecular weight excluding hydrogens is 516 g/mol. The number of aryl methyl sites for hydroxylation is 1. The second-order valence-electron chi connectivity index (χ2n) is 7.25. The zero-order valence-corrected chi connectivity index (χ0v) is 19.1. The molecule has 0 aliphatic rings. The lowest BCUT2D eigenvalue weighted by Gasteiger charge is -2.17. The van der Waals surface area contributed by atoms with Crippen LogP contribution in [0.3, 0.4) is 0 Å². The predicted molar refractivity (Wildman–Crippen MR) is 111 cm³/mol. The highest BCUT2D eigenvalue weighted by atomic mass is 19.4. The number of halogens is 6. The van der Waals surface area contributed by atoms with Crippen molar-refractivity contribution in [3.8, 4) is 17.3 Å². The van der Waals surface area contributed by atoms with Gasteiger partial charge in [-0.2, -0.15) is 4.68 Å². The van der Waals surface area contributed by atoms with Gasteiger partial charge < -0.3 is 20.1 Å². The fourth-order valence-electron chi connectivity index (χ4n) is 2.99. The number of hydrogen-bond donors (Lipinski definition) is 2. The molecule has 37 heavy (non-hydrogen) atoms. The number of nitrogens with zero attached hydrogens (tertiary/aromatic N) is 5. The molecule has 0 aliphatic heterocycles. The first-order valence-electron chi connectivity index (χ1n) is 10.1. The average molecular weight is 533 g/mol. The van der Waals surface area contributed by atoms with Crippen LogP contribution < -0.4 is 20.1 Å². The summed E-state index contributed by atoms with van der Waals surface area (Å²) in [6, 6.07) is 0.547. The SMILES string of the molecule is CNC(=O)c1cnc(-n2nc(C)nc2[C@H](C)NC(=O)c2cc(OC(F)(F)F)cc(OC(F)(F)F)c2)cn1. The third-order valence-corrected chi connectivity index (χ3v) is 4.40. The third kappa shape index (κ3) is 7.28. The summed E-state index contributed by atoms with van der Waals surface area (Å²) in [6.07, 6.45) is -8.08. The summed E-state index contributed by atoms with van der Waals surface area (Å²) < 4.78 is 84.3.